The summed E-state index contributed by atoms with van der Waals surface area (Å²) in [6, 6.07) is 0. The molecule has 0 radical (unpaired) electrons. The van der Waals surface area contributed by atoms with Crippen LogP contribution in [0.1, 0.15) is 52.9 Å². The van der Waals surface area contributed by atoms with Crippen molar-refractivity contribution in [2.24, 2.45) is 11.8 Å². The monoisotopic (exact) mass is 488 g/mol. The van der Waals surface area contributed by atoms with Crippen molar-refractivity contribution in [3.05, 3.63) is 23.1 Å². The highest BCUT2D eigenvalue weighted by Gasteiger charge is 2.30. The number of carbonyl (C=O) groups excluding carboxylic acids is 2. The number of nitrogens with zero attached hydrogens (tertiary/aromatic N) is 2. The maximum absolute atomic E-state index is 12.7. The molecule has 32 heavy (non-hydrogen) atoms. The smallest absolute Gasteiger partial charge is 0.410 e. The molecule has 2 atom stereocenters. The molecule has 0 bridgehead atoms. The van der Waals surface area contributed by atoms with Crippen LogP contribution in [0.15, 0.2) is 23.1 Å². The Hall–Kier alpha value is -1.54. The fourth-order valence-corrected chi connectivity index (χ4v) is 5.78. The van der Waals surface area contributed by atoms with Gasteiger partial charge in [0.15, 0.2) is 9.84 Å². The summed E-state index contributed by atoms with van der Waals surface area (Å²) in [7, 11) is -0.131. The van der Waals surface area contributed by atoms with E-state index in [-0.39, 0.29) is 22.7 Å². The molecule has 1 heterocycles. The lowest BCUT2D eigenvalue weighted by molar-refractivity contribution is -0.131. The molecular formula is C23H37ClN2O5S. The van der Waals surface area contributed by atoms with Crippen LogP contribution in [0, 0.1) is 11.8 Å². The molecule has 182 valence electrons. The number of hydrogen-bond donors (Lipinski definition) is 0. The number of carbonyl (C=O) groups is 2. The summed E-state index contributed by atoms with van der Waals surface area (Å²) < 4.78 is 30.8. The number of likely N-dealkylation sites (tertiary alicyclic amines) is 1. The first-order valence-electron chi connectivity index (χ1n) is 11.3. The molecule has 0 aromatic carbocycles. The van der Waals surface area contributed by atoms with Gasteiger partial charge < -0.3 is 14.5 Å². The van der Waals surface area contributed by atoms with Gasteiger partial charge in [0, 0.05) is 27.2 Å². The fraction of sp³-hybridized carbons (Fsp3) is 0.739. The molecule has 2 rings (SSSR count). The van der Waals surface area contributed by atoms with E-state index in [2.05, 4.69) is 0 Å². The van der Waals surface area contributed by atoms with Gasteiger partial charge in [-0.1, -0.05) is 18.9 Å². The van der Waals surface area contributed by atoms with Gasteiger partial charge in [-0.25, -0.2) is 13.2 Å². The molecule has 9 heteroatoms. The summed E-state index contributed by atoms with van der Waals surface area (Å²) in [5.74, 6) is -0.130. The van der Waals surface area contributed by atoms with Gasteiger partial charge in [0.25, 0.3) is 0 Å². The minimum atomic E-state index is -3.43. The highest BCUT2D eigenvalue weighted by molar-refractivity contribution is 7.95. The van der Waals surface area contributed by atoms with E-state index in [0.29, 0.717) is 25.4 Å². The average Bonchev–Trinajstić information content (AvgIpc) is 2.69. The molecule has 0 aromatic rings. The van der Waals surface area contributed by atoms with Crippen LogP contribution < -0.4 is 0 Å². The van der Waals surface area contributed by atoms with Crippen LogP contribution in [0.5, 0.6) is 0 Å². The van der Waals surface area contributed by atoms with Crippen LogP contribution in [0.2, 0.25) is 0 Å². The Morgan fingerprint density at radius 2 is 1.81 bits per heavy atom. The Labute approximate surface area is 197 Å². The molecule has 1 saturated heterocycles. The zero-order valence-corrected chi connectivity index (χ0v) is 21.4. The zero-order chi connectivity index (χ0) is 24.1. The molecule has 1 aliphatic carbocycles. The van der Waals surface area contributed by atoms with Crippen LogP contribution in [-0.2, 0) is 19.4 Å². The Bertz CT molecular complexity index is 837. The number of alkyl halides is 1. The van der Waals surface area contributed by atoms with Crippen molar-refractivity contribution >= 4 is 33.4 Å². The summed E-state index contributed by atoms with van der Waals surface area (Å²) in [5.41, 5.74) is -0.491. The number of ether oxygens (including phenoxy) is 1. The average molecular weight is 489 g/mol. The van der Waals surface area contributed by atoms with Gasteiger partial charge in [0.1, 0.15) is 5.60 Å². The van der Waals surface area contributed by atoms with E-state index in [1.807, 2.05) is 20.8 Å². The number of piperidine rings is 1. The second-order valence-electron chi connectivity index (χ2n) is 9.86. The van der Waals surface area contributed by atoms with Crippen molar-refractivity contribution in [1.29, 1.82) is 0 Å². The minimum absolute atomic E-state index is 0.0653. The number of unbranched alkanes of at least 4 members (excludes halogenated alkanes) is 1. The van der Waals surface area contributed by atoms with Gasteiger partial charge in [-0.05, 0) is 58.1 Å². The molecule has 2 amide bonds. The molecule has 2 aliphatic rings. The van der Waals surface area contributed by atoms with Crippen molar-refractivity contribution < 1.29 is 22.7 Å². The molecule has 1 aliphatic heterocycles. The van der Waals surface area contributed by atoms with Gasteiger partial charge in [0.2, 0.25) is 5.91 Å². The second kappa shape index (κ2) is 11.1. The minimum Gasteiger partial charge on any atom is -0.444 e. The van der Waals surface area contributed by atoms with Crippen molar-refractivity contribution in [2.75, 3.05) is 32.9 Å². The molecule has 0 spiro atoms. The number of hydrogen-bond acceptors (Lipinski definition) is 5. The van der Waals surface area contributed by atoms with Crippen molar-refractivity contribution in [2.45, 2.75) is 63.9 Å². The van der Waals surface area contributed by atoms with Gasteiger partial charge in [-0.3, -0.25) is 4.79 Å². The largest absolute Gasteiger partial charge is 0.444 e. The first-order valence-corrected chi connectivity index (χ1v) is 13.3. The third kappa shape index (κ3) is 7.80. The zero-order valence-electron chi connectivity index (χ0n) is 19.8. The SMILES string of the molecule is CN(C)C(=O)C1C=CC(S(=O)(=O)CCCCC2CCN(C(=O)OC(C)(C)C)CC2)=CC1Cl. The first kappa shape index (κ1) is 26.7. The van der Waals surface area contributed by atoms with Crippen LogP contribution >= 0.6 is 11.6 Å². The van der Waals surface area contributed by atoms with Gasteiger partial charge >= 0.3 is 6.09 Å². The predicted octanol–water partition coefficient (Wildman–Crippen LogP) is 3.98. The Balaban J connectivity index is 1.74. The summed E-state index contributed by atoms with van der Waals surface area (Å²) in [6.45, 7) is 6.94. The highest BCUT2D eigenvalue weighted by Crippen LogP contribution is 2.28. The normalized spacial score (nSPS) is 22.4. The molecule has 0 aromatic heterocycles. The lowest BCUT2D eigenvalue weighted by atomic mass is 9.92. The summed E-state index contributed by atoms with van der Waals surface area (Å²) in [5, 5.41) is -0.671. The van der Waals surface area contributed by atoms with Crippen LogP contribution in [0.4, 0.5) is 4.79 Å². The Kier molecular flexibility index (Phi) is 9.23. The molecule has 0 N–H and O–H groups in total. The number of amides is 2. The predicted molar refractivity (Wildman–Crippen MR) is 127 cm³/mol. The van der Waals surface area contributed by atoms with E-state index in [1.54, 1.807) is 25.1 Å². The fourth-order valence-electron chi connectivity index (χ4n) is 3.92. The number of rotatable bonds is 7. The molecule has 7 nitrogen and oxygen atoms in total. The van der Waals surface area contributed by atoms with E-state index >= 15 is 0 Å². The topological polar surface area (TPSA) is 84.0 Å². The van der Waals surface area contributed by atoms with E-state index in [4.69, 9.17) is 16.3 Å². The van der Waals surface area contributed by atoms with Crippen molar-refractivity contribution in [3.8, 4) is 0 Å². The number of halogens is 1. The summed E-state index contributed by atoms with van der Waals surface area (Å²) in [4.78, 5) is 27.7. The standard InChI is InChI=1S/C23H37ClN2O5S/c1-23(2,3)31-22(28)26-13-11-17(12-14-26)8-6-7-15-32(29,30)18-9-10-19(20(24)16-18)21(27)25(4)5/h9-10,16-17,19-20H,6-8,11-15H2,1-5H3. The van der Waals surface area contributed by atoms with E-state index in [9.17, 15) is 18.0 Å². The Morgan fingerprint density at radius 3 is 2.34 bits per heavy atom. The van der Waals surface area contributed by atoms with Crippen LogP contribution in [0.25, 0.3) is 0 Å². The van der Waals surface area contributed by atoms with Gasteiger partial charge in [-0.15, -0.1) is 11.6 Å². The lowest BCUT2D eigenvalue weighted by Gasteiger charge is -2.33. The van der Waals surface area contributed by atoms with Crippen LogP contribution in [-0.4, -0.2) is 74.1 Å². The summed E-state index contributed by atoms with van der Waals surface area (Å²) >= 11 is 6.28. The van der Waals surface area contributed by atoms with E-state index in [1.165, 1.54) is 17.1 Å². The maximum atomic E-state index is 12.7. The molecule has 2 unspecified atom stereocenters. The van der Waals surface area contributed by atoms with Gasteiger partial charge in [-0.2, -0.15) is 0 Å². The lowest BCUT2D eigenvalue weighted by Crippen LogP contribution is -2.41. The molecule has 1 fully saturated rings. The van der Waals surface area contributed by atoms with Gasteiger partial charge in [0.05, 0.1) is 22.0 Å². The number of sulfone groups is 1. The van der Waals surface area contributed by atoms with Crippen molar-refractivity contribution in [1.82, 2.24) is 9.80 Å². The molecule has 0 saturated carbocycles. The Morgan fingerprint density at radius 1 is 1.19 bits per heavy atom. The highest BCUT2D eigenvalue weighted by atomic mass is 35.5. The summed E-state index contributed by atoms with van der Waals surface area (Å²) in [6.07, 6.45) is 8.48. The van der Waals surface area contributed by atoms with Crippen molar-refractivity contribution in [3.63, 3.8) is 0 Å². The first-order chi connectivity index (χ1) is 14.8. The third-order valence-corrected chi connectivity index (χ3v) is 7.98. The third-order valence-electron chi connectivity index (χ3n) is 5.76. The number of allylic oxidation sites excluding steroid dienone is 2. The van der Waals surface area contributed by atoms with E-state index in [0.717, 1.165) is 25.7 Å². The quantitative estimate of drug-likeness (QED) is 0.399. The van der Waals surface area contributed by atoms with E-state index < -0.39 is 26.7 Å². The van der Waals surface area contributed by atoms with Crippen LogP contribution in [0.3, 0.4) is 0 Å². The maximum Gasteiger partial charge on any atom is 0.410 e. The molecular weight excluding hydrogens is 452 g/mol. The second-order valence-corrected chi connectivity index (χ2v) is 12.5.